The third-order valence-corrected chi connectivity index (χ3v) is 2.04. The molecule has 0 spiro atoms. The Bertz CT molecular complexity index is 547. The van der Waals surface area contributed by atoms with Crippen LogP contribution < -0.4 is 5.73 Å². The first-order valence-corrected chi connectivity index (χ1v) is 5.06. The molecule has 1 heterocycles. The average molecular weight is 318 g/mol. The van der Waals surface area contributed by atoms with Crippen LogP contribution in [0.3, 0.4) is 0 Å². The molecule has 0 aromatic carbocycles. The fraction of sp³-hybridized carbons (Fsp3) is 0.222. The van der Waals surface area contributed by atoms with Gasteiger partial charge in [-0.3, -0.25) is 0 Å². The molecule has 0 unspecified atom stereocenters. The maximum absolute atomic E-state index is 12.6. The Morgan fingerprint density at radius 1 is 1.30 bits per heavy atom. The van der Waals surface area contributed by atoms with Gasteiger partial charge in [0.25, 0.3) is 0 Å². The van der Waals surface area contributed by atoms with E-state index in [-0.39, 0.29) is 5.15 Å². The number of amidine groups is 1. The van der Waals surface area contributed by atoms with Crippen LogP contribution in [-0.2, 0) is 4.84 Å². The van der Waals surface area contributed by atoms with E-state index in [1.165, 1.54) is 12.1 Å². The maximum Gasteiger partial charge on any atom is 0.461 e. The summed E-state index contributed by atoms with van der Waals surface area (Å²) in [6.07, 6.45) is -5.96. The lowest BCUT2D eigenvalue weighted by molar-refractivity contribution is -0.250. The summed E-state index contributed by atoms with van der Waals surface area (Å²) in [6, 6.07) is 3.67. The van der Waals surface area contributed by atoms with Crippen LogP contribution in [0.4, 0.5) is 22.0 Å². The summed E-state index contributed by atoms with van der Waals surface area (Å²) >= 11 is 5.44. The maximum atomic E-state index is 12.6. The lowest BCUT2D eigenvalue weighted by atomic mass is 10.3. The van der Waals surface area contributed by atoms with E-state index < -0.39 is 29.6 Å². The molecule has 1 aromatic heterocycles. The molecule has 110 valence electrons. The van der Waals surface area contributed by atoms with Crippen molar-refractivity contribution in [2.24, 2.45) is 10.9 Å². The standard InChI is InChI=1S/C9H5ClF5N3O2/c10-5-3-1-2-4(17-5)6(19)20-18-7(16)8(11,12)9(13,14)15/h1-3H,(H2,16,18). The Balaban J connectivity index is 2.85. The molecule has 0 fully saturated rings. The van der Waals surface area contributed by atoms with Gasteiger partial charge in [-0.1, -0.05) is 22.8 Å². The van der Waals surface area contributed by atoms with Crippen LogP contribution in [0.25, 0.3) is 0 Å². The number of alkyl halides is 5. The van der Waals surface area contributed by atoms with Gasteiger partial charge >= 0.3 is 18.1 Å². The van der Waals surface area contributed by atoms with Gasteiger partial charge in [-0.15, -0.1) is 0 Å². The Kier molecular flexibility index (Phi) is 4.48. The normalized spacial score (nSPS) is 13.2. The second-order valence-electron chi connectivity index (χ2n) is 3.27. The second-order valence-corrected chi connectivity index (χ2v) is 3.66. The lowest BCUT2D eigenvalue weighted by Gasteiger charge is -2.17. The van der Waals surface area contributed by atoms with Crippen molar-refractivity contribution in [3.8, 4) is 0 Å². The second kappa shape index (κ2) is 5.57. The van der Waals surface area contributed by atoms with Crippen LogP contribution in [-0.4, -0.2) is 28.9 Å². The minimum absolute atomic E-state index is 0.114. The first kappa shape index (κ1) is 16.1. The summed E-state index contributed by atoms with van der Waals surface area (Å²) in [6.45, 7) is 0. The molecule has 1 rings (SSSR count). The molecular weight excluding hydrogens is 313 g/mol. The van der Waals surface area contributed by atoms with Crippen molar-refractivity contribution in [1.82, 2.24) is 4.98 Å². The van der Waals surface area contributed by atoms with E-state index in [0.717, 1.165) is 6.07 Å². The van der Waals surface area contributed by atoms with Crippen LogP contribution >= 0.6 is 11.6 Å². The molecule has 0 aliphatic carbocycles. The molecule has 1 aromatic rings. The average Bonchev–Trinajstić information content (AvgIpc) is 2.34. The molecule has 2 N–H and O–H groups in total. The van der Waals surface area contributed by atoms with Gasteiger partial charge in [-0.2, -0.15) is 22.0 Å². The first-order valence-electron chi connectivity index (χ1n) is 4.68. The minimum atomic E-state index is -5.96. The van der Waals surface area contributed by atoms with Gasteiger partial charge in [0, 0.05) is 0 Å². The SMILES string of the molecule is NC(=NOC(=O)c1cccc(Cl)n1)C(F)(F)C(F)(F)F. The van der Waals surface area contributed by atoms with Gasteiger partial charge < -0.3 is 10.6 Å². The number of nitrogens with two attached hydrogens (primary N) is 1. The molecule has 5 nitrogen and oxygen atoms in total. The number of carbonyl (C=O) groups excluding carboxylic acids is 1. The molecule has 0 bridgehead atoms. The zero-order chi connectivity index (χ0) is 15.6. The van der Waals surface area contributed by atoms with Crippen LogP contribution in [0.2, 0.25) is 5.15 Å². The Morgan fingerprint density at radius 3 is 2.40 bits per heavy atom. The summed E-state index contributed by atoms with van der Waals surface area (Å²) in [7, 11) is 0. The Labute approximate surface area is 113 Å². The zero-order valence-corrected chi connectivity index (χ0v) is 10.0. The Morgan fingerprint density at radius 2 is 1.90 bits per heavy atom. The molecule has 0 amide bonds. The number of halogens is 6. The number of carbonyl (C=O) groups is 1. The molecule has 0 atom stereocenters. The quantitative estimate of drug-likeness (QED) is 0.232. The molecule has 0 aliphatic rings. The van der Waals surface area contributed by atoms with E-state index in [0.29, 0.717) is 0 Å². The molecule has 0 aliphatic heterocycles. The van der Waals surface area contributed by atoms with E-state index in [4.69, 9.17) is 11.6 Å². The molecule has 0 saturated heterocycles. The minimum Gasteiger partial charge on any atom is -0.379 e. The zero-order valence-electron chi connectivity index (χ0n) is 9.29. The van der Waals surface area contributed by atoms with Crippen molar-refractivity contribution in [3.63, 3.8) is 0 Å². The summed E-state index contributed by atoms with van der Waals surface area (Å²) in [4.78, 5) is 18.5. The van der Waals surface area contributed by atoms with Gasteiger partial charge in [-0.05, 0) is 12.1 Å². The van der Waals surface area contributed by atoms with Crippen molar-refractivity contribution < 1.29 is 31.6 Å². The van der Waals surface area contributed by atoms with E-state index in [1.807, 2.05) is 0 Å². The summed E-state index contributed by atoms with van der Waals surface area (Å²) in [5.41, 5.74) is 4.01. The highest BCUT2D eigenvalue weighted by Gasteiger charge is 2.61. The summed E-state index contributed by atoms with van der Waals surface area (Å²) < 4.78 is 61.0. The van der Waals surface area contributed by atoms with E-state index >= 15 is 0 Å². The Hall–Kier alpha value is -1.97. The predicted molar refractivity (Wildman–Crippen MR) is 57.3 cm³/mol. The lowest BCUT2D eigenvalue weighted by Crippen LogP contribution is -2.48. The van der Waals surface area contributed by atoms with Crippen LogP contribution in [0.5, 0.6) is 0 Å². The van der Waals surface area contributed by atoms with Gasteiger partial charge in [0.2, 0.25) is 5.84 Å². The highest BCUT2D eigenvalue weighted by molar-refractivity contribution is 6.29. The monoisotopic (exact) mass is 317 g/mol. The van der Waals surface area contributed by atoms with E-state index in [2.05, 4.69) is 20.7 Å². The molecule has 11 heteroatoms. The molecule has 20 heavy (non-hydrogen) atoms. The number of rotatable bonds is 3. The molecule has 0 saturated carbocycles. The number of hydrogen-bond donors (Lipinski definition) is 1. The fourth-order valence-electron chi connectivity index (χ4n) is 0.862. The smallest absolute Gasteiger partial charge is 0.379 e. The summed E-state index contributed by atoms with van der Waals surface area (Å²) in [5.74, 6) is -9.02. The number of nitrogens with zero attached hydrogens (tertiary/aromatic N) is 2. The summed E-state index contributed by atoms with van der Waals surface area (Å²) in [5, 5.41) is 2.15. The van der Waals surface area contributed by atoms with Crippen molar-refractivity contribution in [2.45, 2.75) is 12.1 Å². The largest absolute Gasteiger partial charge is 0.461 e. The van der Waals surface area contributed by atoms with Crippen LogP contribution in [0.15, 0.2) is 23.4 Å². The molecule has 0 radical (unpaired) electrons. The van der Waals surface area contributed by atoms with Gasteiger partial charge in [-0.25, -0.2) is 9.78 Å². The third-order valence-electron chi connectivity index (χ3n) is 1.83. The van der Waals surface area contributed by atoms with Crippen LogP contribution in [0.1, 0.15) is 10.5 Å². The number of oxime groups is 1. The van der Waals surface area contributed by atoms with E-state index in [1.54, 1.807) is 0 Å². The predicted octanol–water partition coefficient (Wildman–Crippen LogP) is 2.36. The first-order chi connectivity index (χ1) is 9.05. The van der Waals surface area contributed by atoms with Crippen molar-refractivity contribution in [3.05, 3.63) is 29.0 Å². The van der Waals surface area contributed by atoms with Crippen molar-refractivity contribution >= 4 is 23.4 Å². The number of hydrogen-bond acceptors (Lipinski definition) is 4. The van der Waals surface area contributed by atoms with Gasteiger partial charge in [0.05, 0.1) is 0 Å². The topological polar surface area (TPSA) is 77.6 Å². The van der Waals surface area contributed by atoms with Crippen molar-refractivity contribution in [2.75, 3.05) is 0 Å². The van der Waals surface area contributed by atoms with Crippen LogP contribution in [0, 0.1) is 0 Å². The van der Waals surface area contributed by atoms with Gasteiger partial charge in [0.1, 0.15) is 5.15 Å². The number of pyridine rings is 1. The highest BCUT2D eigenvalue weighted by Crippen LogP contribution is 2.35. The molecular formula is C9H5ClF5N3O2. The fourth-order valence-corrected chi connectivity index (χ4v) is 1.03. The highest BCUT2D eigenvalue weighted by atomic mass is 35.5. The van der Waals surface area contributed by atoms with Gasteiger partial charge in [0.15, 0.2) is 5.69 Å². The van der Waals surface area contributed by atoms with Crippen molar-refractivity contribution in [1.29, 1.82) is 0 Å². The number of aromatic nitrogens is 1. The third kappa shape index (κ3) is 3.53. The van der Waals surface area contributed by atoms with E-state index in [9.17, 15) is 26.7 Å².